The van der Waals surface area contributed by atoms with Gasteiger partial charge >= 0.3 is 0 Å². The molecule has 1 fully saturated rings. The van der Waals surface area contributed by atoms with Crippen molar-refractivity contribution in [2.75, 3.05) is 31.9 Å². The molecule has 0 spiro atoms. The predicted octanol–water partition coefficient (Wildman–Crippen LogP) is 5.67. The molecule has 5 rings (SSSR count). The Morgan fingerprint density at radius 2 is 2.03 bits per heavy atom. The Kier molecular flexibility index (Phi) is 6.87. The molecule has 2 aromatic carbocycles. The highest BCUT2D eigenvalue weighted by molar-refractivity contribution is 6.28. The molecule has 1 aliphatic heterocycles. The summed E-state index contributed by atoms with van der Waals surface area (Å²) in [5, 5.41) is 12.1. The summed E-state index contributed by atoms with van der Waals surface area (Å²) in [5.74, 6) is -0.248. The number of hydrogen-bond donors (Lipinski definition) is 1. The van der Waals surface area contributed by atoms with Crippen molar-refractivity contribution in [3.8, 4) is 17.0 Å². The number of ether oxygens (including phenoxy) is 2. The van der Waals surface area contributed by atoms with Gasteiger partial charge in [-0.3, -0.25) is 4.98 Å². The maximum Gasteiger partial charge on any atom is 0.225 e. The van der Waals surface area contributed by atoms with E-state index in [0.29, 0.717) is 64.8 Å². The summed E-state index contributed by atoms with van der Waals surface area (Å²) in [6, 6.07) is 6.41. The molecular formula is C27H27ClF2N4O3. The molecule has 0 saturated carbocycles. The molecule has 0 unspecified atom stereocenters. The van der Waals surface area contributed by atoms with E-state index >= 15 is 4.39 Å². The number of fused-ring (bicyclic) bond motifs is 2. The quantitative estimate of drug-likeness (QED) is 0.255. The minimum absolute atomic E-state index is 0.00368. The van der Waals surface area contributed by atoms with Gasteiger partial charge in [-0.1, -0.05) is 13.0 Å². The Morgan fingerprint density at radius 1 is 1.22 bits per heavy atom. The molecule has 0 bridgehead atoms. The molecule has 0 amide bonds. The molecule has 7 nitrogen and oxygen atoms in total. The van der Waals surface area contributed by atoms with Gasteiger partial charge in [-0.25, -0.2) is 13.8 Å². The third-order valence-corrected chi connectivity index (χ3v) is 6.87. The number of benzene rings is 2. The Morgan fingerprint density at radius 3 is 2.76 bits per heavy atom. The van der Waals surface area contributed by atoms with Crippen molar-refractivity contribution in [1.82, 2.24) is 15.0 Å². The number of aliphatic hydroxyl groups is 1. The lowest BCUT2D eigenvalue weighted by molar-refractivity contribution is 0.0447. The molecule has 1 N–H and O–H groups in total. The molecule has 2 aromatic heterocycles. The number of aryl methyl sites for hydroxylation is 1. The van der Waals surface area contributed by atoms with Gasteiger partial charge in [0.15, 0.2) is 12.6 Å². The van der Waals surface area contributed by atoms with Crippen LogP contribution < -0.4 is 9.64 Å². The highest BCUT2D eigenvalue weighted by atomic mass is 35.5. The minimum Gasteiger partial charge on any atom is -0.468 e. The average Bonchev–Trinajstić information content (AvgIpc) is 2.86. The maximum atomic E-state index is 16.2. The number of hydrogen-bond acceptors (Lipinski definition) is 7. The normalized spacial score (nSPS) is 18.1. The number of pyridine rings is 1. The van der Waals surface area contributed by atoms with Crippen LogP contribution in [0.15, 0.2) is 30.5 Å². The molecule has 1 atom stereocenters. The second kappa shape index (κ2) is 9.96. The first kappa shape index (κ1) is 25.5. The van der Waals surface area contributed by atoms with Crippen molar-refractivity contribution in [3.63, 3.8) is 0 Å². The van der Waals surface area contributed by atoms with Gasteiger partial charge in [0.25, 0.3) is 0 Å². The Bertz CT molecular complexity index is 1500. The van der Waals surface area contributed by atoms with Crippen LogP contribution in [0.5, 0.6) is 5.75 Å². The number of piperidine rings is 1. The smallest absolute Gasteiger partial charge is 0.225 e. The number of nitrogens with zero attached hydrogens (tertiary/aromatic N) is 4. The standard InChI is InChI=1S/C27H27ClF2N4O3/c1-4-17-20(29)7-6-15-10-16(37-14-36-3)11-18(21(15)17)23-22(30)24-19(12-31-23)25(33-26(28)32-24)34-9-5-8-27(2,35)13-34/h6-7,10-12,35H,4-5,8-9,13-14H2,1-3H3/t27-/m1/s1. The maximum absolute atomic E-state index is 16.2. The monoisotopic (exact) mass is 528 g/mol. The van der Waals surface area contributed by atoms with Crippen LogP contribution >= 0.6 is 11.6 Å². The van der Waals surface area contributed by atoms with E-state index in [2.05, 4.69) is 15.0 Å². The minimum atomic E-state index is -0.907. The van der Waals surface area contributed by atoms with Gasteiger partial charge in [0.05, 0.1) is 11.0 Å². The number of β-amino-alcohol motifs (C(OH)–C–C–N with tert-alkyl or cyclic N) is 1. The second-order valence-corrected chi connectivity index (χ2v) is 9.86. The van der Waals surface area contributed by atoms with Gasteiger partial charge in [0, 0.05) is 32.0 Å². The van der Waals surface area contributed by atoms with E-state index < -0.39 is 11.4 Å². The van der Waals surface area contributed by atoms with Crippen LogP contribution in [0.2, 0.25) is 5.28 Å². The fraction of sp³-hybridized carbons (Fsp3) is 0.370. The molecule has 10 heteroatoms. The summed E-state index contributed by atoms with van der Waals surface area (Å²) in [5.41, 5.74) is -0.0977. The van der Waals surface area contributed by atoms with E-state index in [1.165, 1.54) is 19.4 Å². The van der Waals surface area contributed by atoms with Crippen LogP contribution in [0.25, 0.3) is 32.9 Å². The lowest BCUT2D eigenvalue weighted by atomic mass is 9.94. The van der Waals surface area contributed by atoms with E-state index in [1.807, 2.05) is 11.8 Å². The van der Waals surface area contributed by atoms with Gasteiger partial charge in [-0.05, 0) is 72.3 Å². The van der Waals surface area contributed by atoms with E-state index in [0.717, 1.165) is 6.42 Å². The number of halogens is 3. The Hall–Kier alpha value is -3.14. The van der Waals surface area contributed by atoms with Crippen LogP contribution in [0, 0.1) is 11.6 Å². The van der Waals surface area contributed by atoms with Crippen LogP contribution in [0.3, 0.4) is 0 Å². The van der Waals surface area contributed by atoms with Crippen molar-refractivity contribution in [2.45, 2.75) is 38.7 Å². The van der Waals surface area contributed by atoms with Crippen LogP contribution in [0.1, 0.15) is 32.3 Å². The third kappa shape index (κ3) is 4.79. The fourth-order valence-corrected chi connectivity index (χ4v) is 5.24. The van der Waals surface area contributed by atoms with Crippen LogP contribution in [0.4, 0.5) is 14.6 Å². The molecule has 4 aromatic rings. The zero-order valence-electron chi connectivity index (χ0n) is 20.8. The second-order valence-electron chi connectivity index (χ2n) is 9.52. The zero-order chi connectivity index (χ0) is 26.3. The first-order valence-corrected chi connectivity index (χ1v) is 12.5. The van der Waals surface area contributed by atoms with Crippen molar-refractivity contribution >= 4 is 39.1 Å². The fourth-order valence-electron chi connectivity index (χ4n) is 5.08. The van der Waals surface area contributed by atoms with E-state index in [9.17, 15) is 9.50 Å². The third-order valence-electron chi connectivity index (χ3n) is 6.70. The van der Waals surface area contributed by atoms with Gasteiger partial charge in [0.1, 0.15) is 28.6 Å². The van der Waals surface area contributed by atoms with E-state index in [4.69, 9.17) is 21.1 Å². The van der Waals surface area contributed by atoms with Crippen LogP contribution in [-0.4, -0.2) is 52.7 Å². The molecule has 3 heterocycles. The van der Waals surface area contributed by atoms with Crippen molar-refractivity contribution in [1.29, 1.82) is 0 Å². The number of aromatic nitrogens is 3. The Balaban J connectivity index is 1.74. The summed E-state index contributed by atoms with van der Waals surface area (Å²) in [6.07, 6.45) is 3.30. The number of methoxy groups -OCH3 is 1. The predicted molar refractivity (Wildman–Crippen MR) is 139 cm³/mol. The number of anilines is 1. The van der Waals surface area contributed by atoms with Crippen molar-refractivity contribution in [2.24, 2.45) is 0 Å². The largest absolute Gasteiger partial charge is 0.468 e. The van der Waals surface area contributed by atoms with Crippen molar-refractivity contribution in [3.05, 3.63) is 52.9 Å². The molecule has 0 aliphatic carbocycles. The molecular weight excluding hydrogens is 502 g/mol. The molecule has 0 radical (unpaired) electrons. The SMILES string of the molecule is CCc1c(F)ccc2cc(OCOC)cc(-c3ncc4c(N5CCC[C@@](C)(O)C5)nc(Cl)nc4c3F)c12. The highest BCUT2D eigenvalue weighted by Crippen LogP contribution is 2.39. The first-order valence-electron chi connectivity index (χ1n) is 12.1. The zero-order valence-corrected chi connectivity index (χ0v) is 21.6. The lowest BCUT2D eigenvalue weighted by Gasteiger charge is -2.37. The van der Waals surface area contributed by atoms with E-state index in [-0.39, 0.29) is 29.1 Å². The molecule has 194 valence electrons. The van der Waals surface area contributed by atoms with Gasteiger partial charge in [-0.2, -0.15) is 4.98 Å². The summed E-state index contributed by atoms with van der Waals surface area (Å²) in [6.45, 7) is 4.54. The lowest BCUT2D eigenvalue weighted by Crippen LogP contribution is -2.46. The topological polar surface area (TPSA) is 80.6 Å². The summed E-state index contributed by atoms with van der Waals surface area (Å²) in [4.78, 5) is 14.9. The van der Waals surface area contributed by atoms with Gasteiger partial charge < -0.3 is 19.5 Å². The summed E-state index contributed by atoms with van der Waals surface area (Å²) in [7, 11) is 1.50. The highest BCUT2D eigenvalue weighted by Gasteiger charge is 2.31. The molecule has 1 aliphatic rings. The summed E-state index contributed by atoms with van der Waals surface area (Å²) < 4.78 is 41.7. The van der Waals surface area contributed by atoms with Gasteiger partial charge in [0.2, 0.25) is 5.28 Å². The van der Waals surface area contributed by atoms with Crippen molar-refractivity contribution < 1.29 is 23.4 Å². The molecule has 1 saturated heterocycles. The Labute approximate surface area is 218 Å². The number of rotatable bonds is 6. The summed E-state index contributed by atoms with van der Waals surface area (Å²) >= 11 is 6.25. The van der Waals surface area contributed by atoms with Crippen LogP contribution in [-0.2, 0) is 11.2 Å². The average molecular weight is 529 g/mol. The van der Waals surface area contributed by atoms with Gasteiger partial charge in [-0.15, -0.1) is 0 Å². The van der Waals surface area contributed by atoms with E-state index in [1.54, 1.807) is 25.1 Å². The first-order chi connectivity index (χ1) is 17.7. The molecule has 37 heavy (non-hydrogen) atoms.